The Morgan fingerprint density at radius 3 is 2.64 bits per heavy atom. The second kappa shape index (κ2) is 12.3. The Bertz CT molecular complexity index is 752. The molecule has 0 bridgehead atoms. The van der Waals surface area contributed by atoms with Gasteiger partial charge in [-0.05, 0) is 32.4 Å². The van der Waals surface area contributed by atoms with Gasteiger partial charge in [0.25, 0.3) is 0 Å². The van der Waals surface area contributed by atoms with Gasteiger partial charge in [-0.1, -0.05) is 6.07 Å². The zero-order valence-corrected chi connectivity index (χ0v) is 19.7. The molecule has 0 radical (unpaired) electrons. The summed E-state index contributed by atoms with van der Waals surface area (Å²) in [4.78, 5) is 11.0. The van der Waals surface area contributed by atoms with Gasteiger partial charge in [0.15, 0.2) is 5.96 Å². The number of thiazole rings is 1. The topological polar surface area (TPSA) is 49.8 Å². The van der Waals surface area contributed by atoms with Gasteiger partial charge in [-0.2, -0.15) is 0 Å². The number of rotatable bonds is 8. The molecule has 5 nitrogen and oxygen atoms in total. The van der Waals surface area contributed by atoms with Crippen LogP contribution in [0.1, 0.15) is 36.2 Å². The molecule has 0 saturated heterocycles. The molecule has 1 aromatic carbocycles. The summed E-state index contributed by atoms with van der Waals surface area (Å²) >= 11 is 1.56. The molecule has 1 heterocycles. The lowest BCUT2D eigenvalue weighted by molar-refractivity contribution is 0.119. The fourth-order valence-electron chi connectivity index (χ4n) is 2.52. The third kappa shape index (κ3) is 6.93. The van der Waals surface area contributed by atoms with E-state index in [2.05, 4.69) is 15.3 Å². The highest BCUT2D eigenvalue weighted by molar-refractivity contribution is 14.0. The van der Waals surface area contributed by atoms with Crippen molar-refractivity contribution in [2.24, 2.45) is 4.99 Å². The number of nitrogens with zero attached hydrogens (tertiary/aromatic N) is 3. The Morgan fingerprint density at radius 2 is 2.04 bits per heavy atom. The third-order valence-corrected chi connectivity index (χ3v) is 5.11. The first-order chi connectivity index (χ1) is 13.0. The van der Waals surface area contributed by atoms with Gasteiger partial charge in [-0.3, -0.25) is 4.99 Å². The summed E-state index contributed by atoms with van der Waals surface area (Å²) in [6.45, 7) is 5.49. The predicted molar refractivity (Wildman–Crippen MR) is 120 cm³/mol. The molecular formula is C19H27F2IN4OS. The monoisotopic (exact) mass is 524 g/mol. The van der Waals surface area contributed by atoms with Gasteiger partial charge < -0.3 is 15.0 Å². The van der Waals surface area contributed by atoms with Crippen molar-refractivity contribution in [3.63, 3.8) is 0 Å². The molecule has 2 rings (SSSR count). The average Bonchev–Trinajstić information content (AvgIpc) is 3.11. The molecule has 0 aliphatic carbocycles. The van der Waals surface area contributed by atoms with Gasteiger partial charge in [0.05, 0.1) is 12.2 Å². The molecule has 1 aromatic heterocycles. The number of methoxy groups -OCH3 is 1. The zero-order valence-electron chi connectivity index (χ0n) is 16.5. The van der Waals surface area contributed by atoms with E-state index in [9.17, 15) is 8.78 Å². The number of ether oxygens (including phenoxy) is 1. The van der Waals surface area contributed by atoms with Crippen LogP contribution in [0.25, 0.3) is 0 Å². The van der Waals surface area contributed by atoms with Crippen molar-refractivity contribution in [1.82, 2.24) is 15.2 Å². The van der Waals surface area contributed by atoms with E-state index in [-0.39, 0.29) is 48.6 Å². The van der Waals surface area contributed by atoms with Gasteiger partial charge in [-0.15, -0.1) is 35.3 Å². The van der Waals surface area contributed by atoms with Gasteiger partial charge >= 0.3 is 0 Å². The van der Waals surface area contributed by atoms with E-state index in [4.69, 9.17) is 4.74 Å². The van der Waals surface area contributed by atoms with Crippen molar-refractivity contribution in [3.8, 4) is 0 Å². The number of aliphatic imine (C=N–C) groups is 1. The molecule has 1 unspecified atom stereocenters. The number of aromatic nitrogens is 1. The van der Waals surface area contributed by atoms with Gasteiger partial charge in [0.2, 0.25) is 0 Å². The van der Waals surface area contributed by atoms with Crippen molar-refractivity contribution >= 4 is 41.3 Å². The second-order valence-electron chi connectivity index (χ2n) is 6.10. The lowest BCUT2D eigenvalue weighted by Crippen LogP contribution is -2.38. The number of benzene rings is 1. The Labute approximate surface area is 186 Å². The molecule has 0 fully saturated rings. The maximum absolute atomic E-state index is 13.7. The van der Waals surface area contributed by atoms with Crippen LogP contribution >= 0.6 is 35.3 Å². The van der Waals surface area contributed by atoms with Crippen LogP contribution in [-0.4, -0.2) is 43.1 Å². The zero-order chi connectivity index (χ0) is 19.8. The summed E-state index contributed by atoms with van der Waals surface area (Å²) in [5.74, 6) is -0.403. The van der Waals surface area contributed by atoms with Crippen LogP contribution in [0.3, 0.4) is 0 Å². The first kappa shape index (κ1) is 24.7. The lowest BCUT2D eigenvalue weighted by Gasteiger charge is -2.21. The van der Waals surface area contributed by atoms with Crippen molar-refractivity contribution in [2.45, 2.75) is 32.9 Å². The Balaban J connectivity index is 0.00000392. The molecule has 156 valence electrons. The summed E-state index contributed by atoms with van der Waals surface area (Å²) in [5.41, 5.74) is 0.990. The van der Waals surface area contributed by atoms with Crippen LogP contribution in [0.5, 0.6) is 0 Å². The van der Waals surface area contributed by atoms with E-state index in [1.165, 1.54) is 18.2 Å². The normalized spacial score (nSPS) is 12.4. The highest BCUT2D eigenvalue weighted by Gasteiger charge is 2.13. The maximum Gasteiger partial charge on any atom is 0.194 e. The fourth-order valence-corrected chi connectivity index (χ4v) is 3.36. The molecule has 1 atom stereocenters. The highest BCUT2D eigenvalue weighted by atomic mass is 127. The Morgan fingerprint density at radius 1 is 1.36 bits per heavy atom. The van der Waals surface area contributed by atoms with Gasteiger partial charge in [0, 0.05) is 38.2 Å². The number of halogens is 3. The molecule has 9 heteroatoms. The van der Waals surface area contributed by atoms with E-state index in [1.54, 1.807) is 18.4 Å². The lowest BCUT2D eigenvalue weighted by atomic mass is 10.1. The van der Waals surface area contributed by atoms with E-state index in [1.807, 2.05) is 31.2 Å². The minimum atomic E-state index is -0.536. The molecule has 1 N–H and O–H groups in total. The largest absolute Gasteiger partial charge is 0.375 e. The van der Waals surface area contributed by atoms with E-state index in [0.29, 0.717) is 19.0 Å². The second-order valence-corrected chi connectivity index (χ2v) is 6.99. The summed E-state index contributed by atoms with van der Waals surface area (Å²) in [6, 6.07) is 3.89. The molecule has 0 amide bonds. The summed E-state index contributed by atoms with van der Waals surface area (Å²) < 4.78 is 32.8. The smallest absolute Gasteiger partial charge is 0.194 e. The molecule has 2 aromatic rings. The van der Waals surface area contributed by atoms with E-state index >= 15 is 0 Å². The van der Waals surface area contributed by atoms with Crippen LogP contribution in [0.2, 0.25) is 0 Å². The predicted octanol–water partition coefficient (Wildman–Crippen LogP) is 4.39. The standard InChI is InChI=1S/C19H26F2N4OS.HI/c1-5-22-19(23-10-9-15-16(20)7-6-8-17(15)21)25(3)11-14-12-27-18(24-14)13(2)26-4;/h6-8,12-13H,5,9-11H2,1-4H3,(H,22,23);1H. The molecule has 0 aliphatic rings. The van der Waals surface area contributed by atoms with Crippen molar-refractivity contribution in [2.75, 3.05) is 27.2 Å². The molecule has 28 heavy (non-hydrogen) atoms. The Kier molecular flexibility index (Phi) is 10.8. The minimum Gasteiger partial charge on any atom is -0.375 e. The van der Waals surface area contributed by atoms with Crippen molar-refractivity contribution in [3.05, 3.63) is 51.5 Å². The van der Waals surface area contributed by atoms with E-state index in [0.717, 1.165) is 10.7 Å². The van der Waals surface area contributed by atoms with Gasteiger partial charge in [0.1, 0.15) is 22.7 Å². The first-order valence-electron chi connectivity index (χ1n) is 8.85. The molecule has 0 aliphatic heterocycles. The van der Waals surface area contributed by atoms with Crippen molar-refractivity contribution in [1.29, 1.82) is 0 Å². The fraction of sp³-hybridized carbons (Fsp3) is 0.474. The number of guanidine groups is 1. The quantitative estimate of drug-likeness (QED) is 0.316. The summed E-state index contributed by atoms with van der Waals surface area (Å²) in [5, 5.41) is 6.13. The van der Waals surface area contributed by atoms with Crippen LogP contribution in [0, 0.1) is 11.6 Å². The summed E-state index contributed by atoms with van der Waals surface area (Å²) in [7, 11) is 3.57. The first-order valence-corrected chi connectivity index (χ1v) is 9.73. The average molecular weight is 524 g/mol. The Hall–Kier alpha value is -1.33. The molecule has 0 saturated carbocycles. The number of hydrogen-bond donors (Lipinski definition) is 1. The van der Waals surface area contributed by atoms with Crippen LogP contribution in [0.15, 0.2) is 28.6 Å². The minimum absolute atomic E-state index is 0. The maximum atomic E-state index is 13.7. The van der Waals surface area contributed by atoms with Crippen LogP contribution in [-0.2, 0) is 17.7 Å². The van der Waals surface area contributed by atoms with Crippen LogP contribution < -0.4 is 5.32 Å². The SMILES string of the molecule is CCNC(=NCCc1c(F)cccc1F)N(C)Cc1csc(C(C)OC)n1.I. The summed E-state index contributed by atoms with van der Waals surface area (Å²) in [6.07, 6.45) is 0.166. The number of hydrogen-bond acceptors (Lipinski definition) is 4. The number of nitrogens with one attached hydrogen (secondary N) is 1. The molecule has 0 spiro atoms. The van der Waals surface area contributed by atoms with Gasteiger partial charge in [-0.25, -0.2) is 13.8 Å². The highest BCUT2D eigenvalue weighted by Crippen LogP contribution is 2.21. The molecular weight excluding hydrogens is 497 g/mol. The van der Waals surface area contributed by atoms with Crippen LogP contribution in [0.4, 0.5) is 8.78 Å². The third-order valence-electron chi connectivity index (χ3n) is 4.05. The van der Waals surface area contributed by atoms with Crippen molar-refractivity contribution < 1.29 is 13.5 Å². The van der Waals surface area contributed by atoms with E-state index < -0.39 is 11.6 Å².